The van der Waals surface area contributed by atoms with Crippen LogP contribution in [0.1, 0.15) is 0 Å². The van der Waals surface area contributed by atoms with Crippen molar-refractivity contribution in [2.75, 3.05) is 13.2 Å². The Hall–Kier alpha value is 0.230. The van der Waals surface area contributed by atoms with Gasteiger partial charge in [0, 0.05) is 0 Å². The van der Waals surface area contributed by atoms with Gasteiger partial charge in [-0.1, -0.05) is 0 Å². The van der Waals surface area contributed by atoms with Gasteiger partial charge < -0.3 is 15.3 Å². The van der Waals surface area contributed by atoms with Crippen molar-refractivity contribution < 1.29 is 15.3 Å². The number of hydrogen-bond donors (Lipinski definition) is 4. The van der Waals surface area contributed by atoms with Gasteiger partial charge in [0.05, 0.1) is 24.6 Å². The fourth-order valence-corrected chi connectivity index (χ4v) is 0.338. The molecule has 0 fully saturated rings. The first-order valence-electron chi connectivity index (χ1n) is 2.30. The highest BCUT2D eigenvalue weighted by Crippen LogP contribution is 1.98. The number of rotatable bonds is 3. The second-order valence-electron chi connectivity index (χ2n) is 1.50. The SMILES string of the molecule is OC[C@@H](O)[C@@H](S)CO. The van der Waals surface area contributed by atoms with E-state index in [1.165, 1.54) is 0 Å². The van der Waals surface area contributed by atoms with Gasteiger partial charge in [0.2, 0.25) is 0 Å². The summed E-state index contributed by atoms with van der Waals surface area (Å²) in [5.74, 6) is 0. The van der Waals surface area contributed by atoms with Gasteiger partial charge in [-0.3, -0.25) is 0 Å². The Kier molecular flexibility index (Phi) is 4.26. The molecule has 0 unspecified atom stereocenters. The van der Waals surface area contributed by atoms with Crippen molar-refractivity contribution in [3.05, 3.63) is 0 Å². The lowest BCUT2D eigenvalue weighted by Crippen LogP contribution is -2.27. The van der Waals surface area contributed by atoms with E-state index in [0.29, 0.717) is 0 Å². The fraction of sp³-hybridized carbons (Fsp3) is 1.00. The van der Waals surface area contributed by atoms with Gasteiger partial charge in [0.25, 0.3) is 0 Å². The molecule has 0 aromatic rings. The standard InChI is InChI=1S/C4H10O3S/c5-1-3(7)4(8)2-6/h3-8H,1-2H2/t3-,4+/m1/s1. The Morgan fingerprint density at radius 1 is 1.25 bits per heavy atom. The first kappa shape index (κ1) is 8.23. The highest BCUT2D eigenvalue weighted by molar-refractivity contribution is 7.81. The molecule has 0 bridgehead atoms. The Morgan fingerprint density at radius 3 is 1.88 bits per heavy atom. The molecule has 2 atom stereocenters. The summed E-state index contributed by atoms with van der Waals surface area (Å²) in [6.07, 6.45) is -0.914. The van der Waals surface area contributed by atoms with Crippen molar-refractivity contribution in [2.45, 2.75) is 11.4 Å². The lowest BCUT2D eigenvalue weighted by Gasteiger charge is -2.11. The van der Waals surface area contributed by atoms with Gasteiger partial charge in [0.15, 0.2) is 0 Å². The number of aliphatic hydroxyl groups excluding tert-OH is 3. The molecule has 0 spiro atoms. The van der Waals surface area contributed by atoms with Crippen molar-refractivity contribution in [3.63, 3.8) is 0 Å². The second-order valence-corrected chi connectivity index (χ2v) is 2.16. The predicted octanol–water partition coefficient (Wildman–Crippen LogP) is -1.37. The highest BCUT2D eigenvalue weighted by Gasteiger charge is 2.11. The summed E-state index contributed by atoms with van der Waals surface area (Å²) >= 11 is 3.74. The van der Waals surface area contributed by atoms with E-state index in [1.54, 1.807) is 0 Å². The number of thiol groups is 1. The van der Waals surface area contributed by atoms with Crippen molar-refractivity contribution >= 4 is 12.6 Å². The molecule has 0 radical (unpaired) electrons. The number of hydrogen-bond acceptors (Lipinski definition) is 4. The molecular weight excluding hydrogens is 128 g/mol. The fourth-order valence-electron chi connectivity index (χ4n) is 0.243. The molecule has 3 N–H and O–H groups in total. The Bertz CT molecular complexity index is 51.2. The molecular formula is C4H10O3S. The van der Waals surface area contributed by atoms with Crippen LogP contribution in [0.3, 0.4) is 0 Å². The number of aliphatic hydroxyl groups is 3. The maximum atomic E-state index is 8.64. The quantitative estimate of drug-likeness (QED) is 0.364. The molecule has 4 heteroatoms. The van der Waals surface area contributed by atoms with Gasteiger partial charge >= 0.3 is 0 Å². The summed E-state index contributed by atoms with van der Waals surface area (Å²) in [7, 11) is 0. The van der Waals surface area contributed by atoms with E-state index in [0.717, 1.165) is 0 Å². The van der Waals surface area contributed by atoms with Crippen molar-refractivity contribution in [3.8, 4) is 0 Å². The van der Waals surface area contributed by atoms with Gasteiger partial charge in [-0.2, -0.15) is 12.6 Å². The van der Waals surface area contributed by atoms with Gasteiger partial charge in [-0.15, -0.1) is 0 Å². The maximum Gasteiger partial charge on any atom is 0.0908 e. The van der Waals surface area contributed by atoms with Crippen LogP contribution >= 0.6 is 12.6 Å². The molecule has 0 amide bonds. The van der Waals surface area contributed by atoms with E-state index >= 15 is 0 Å². The summed E-state index contributed by atoms with van der Waals surface area (Å²) in [5, 5.41) is 24.6. The summed E-state index contributed by atoms with van der Waals surface area (Å²) in [5.41, 5.74) is 0. The molecule has 0 rings (SSSR count). The van der Waals surface area contributed by atoms with Crippen LogP contribution in [0, 0.1) is 0 Å². The zero-order valence-corrected chi connectivity index (χ0v) is 5.25. The molecule has 0 aliphatic rings. The Morgan fingerprint density at radius 2 is 1.75 bits per heavy atom. The Labute approximate surface area is 53.4 Å². The van der Waals surface area contributed by atoms with Crippen LogP contribution in [0.25, 0.3) is 0 Å². The molecule has 3 nitrogen and oxygen atoms in total. The summed E-state index contributed by atoms with van der Waals surface area (Å²) in [4.78, 5) is 0. The van der Waals surface area contributed by atoms with Crippen LogP contribution in [-0.4, -0.2) is 39.9 Å². The van der Waals surface area contributed by atoms with Gasteiger partial charge in [0.1, 0.15) is 0 Å². The van der Waals surface area contributed by atoms with E-state index in [1.807, 2.05) is 0 Å². The Balaban J connectivity index is 3.29. The molecule has 50 valence electrons. The minimum atomic E-state index is -0.914. The molecule has 8 heavy (non-hydrogen) atoms. The predicted molar refractivity (Wildman–Crippen MR) is 33.0 cm³/mol. The maximum absolute atomic E-state index is 8.64. The zero-order chi connectivity index (χ0) is 6.57. The molecule has 0 heterocycles. The summed E-state index contributed by atoms with van der Waals surface area (Å²) in [6, 6.07) is 0. The first-order chi connectivity index (χ1) is 3.72. The van der Waals surface area contributed by atoms with E-state index in [4.69, 9.17) is 15.3 Å². The monoisotopic (exact) mass is 138 g/mol. The van der Waals surface area contributed by atoms with E-state index < -0.39 is 11.4 Å². The van der Waals surface area contributed by atoms with Crippen LogP contribution in [0.15, 0.2) is 0 Å². The lowest BCUT2D eigenvalue weighted by molar-refractivity contribution is 0.0782. The van der Waals surface area contributed by atoms with Gasteiger partial charge in [-0.25, -0.2) is 0 Å². The van der Waals surface area contributed by atoms with E-state index in [2.05, 4.69) is 12.6 Å². The van der Waals surface area contributed by atoms with Crippen molar-refractivity contribution in [1.29, 1.82) is 0 Å². The smallest absolute Gasteiger partial charge is 0.0908 e. The summed E-state index contributed by atoms with van der Waals surface area (Å²) < 4.78 is 0. The van der Waals surface area contributed by atoms with Crippen LogP contribution in [0.5, 0.6) is 0 Å². The minimum absolute atomic E-state index is 0.217. The lowest BCUT2D eigenvalue weighted by atomic mass is 10.3. The van der Waals surface area contributed by atoms with Gasteiger partial charge in [-0.05, 0) is 0 Å². The second kappa shape index (κ2) is 4.14. The average Bonchev–Trinajstić information content (AvgIpc) is 1.84. The average molecular weight is 138 g/mol. The van der Waals surface area contributed by atoms with Crippen LogP contribution in [-0.2, 0) is 0 Å². The third-order valence-corrected chi connectivity index (χ3v) is 1.33. The third kappa shape index (κ3) is 2.52. The topological polar surface area (TPSA) is 60.7 Å². The van der Waals surface area contributed by atoms with E-state index in [9.17, 15) is 0 Å². The van der Waals surface area contributed by atoms with Crippen molar-refractivity contribution in [1.82, 2.24) is 0 Å². The minimum Gasteiger partial charge on any atom is -0.395 e. The molecule has 0 aliphatic carbocycles. The first-order valence-corrected chi connectivity index (χ1v) is 2.82. The van der Waals surface area contributed by atoms with Crippen LogP contribution < -0.4 is 0 Å². The van der Waals surface area contributed by atoms with Crippen LogP contribution in [0.2, 0.25) is 0 Å². The molecule has 0 aromatic heterocycles. The highest BCUT2D eigenvalue weighted by atomic mass is 32.1. The summed E-state index contributed by atoms with van der Waals surface area (Å²) in [6.45, 7) is -0.570. The molecule has 0 aromatic carbocycles. The normalized spacial score (nSPS) is 18.0. The zero-order valence-electron chi connectivity index (χ0n) is 4.36. The third-order valence-electron chi connectivity index (χ3n) is 0.818. The molecule has 0 aliphatic heterocycles. The molecule has 0 saturated carbocycles. The van der Waals surface area contributed by atoms with Crippen molar-refractivity contribution in [2.24, 2.45) is 0 Å². The van der Waals surface area contributed by atoms with Crippen LogP contribution in [0.4, 0.5) is 0 Å². The molecule has 0 saturated heterocycles. The van der Waals surface area contributed by atoms with E-state index in [-0.39, 0.29) is 13.2 Å². The largest absolute Gasteiger partial charge is 0.395 e.